The number of ether oxygens (including phenoxy) is 1. The SMILES string of the molecule is CCC(C)c1ccccc1OCc1ccccc1/C(C#N)=N\O. The topological polar surface area (TPSA) is 65.6 Å². The van der Waals surface area contributed by atoms with Gasteiger partial charge in [-0.3, -0.25) is 0 Å². The summed E-state index contributed by atoms with van der Waals surface area (Å²) in [4.78, 5) is 0. The zero-order valence-corrected chi connectivity index (χ0v) is 13.4. The Morgan fingerprint density at radius 2 is 1.91 bits per heavy atom. The molecule has 0 heterocycles. The number of hydrogen-bond donors (Lipinski definition) is 1. The second kappa shape index (κ2) is 8.00. The Hall–Kier alpha value is -2.80. The Labute approximate surface area is 136 Å². The smallest absolute Gasteiger partial charge is 0.187 e. The van der Waals surface area contributed by atoms with Crippen molar-refractivity contribution < 1.29 is 9.94 Å². The first kappa shape index (κ1) is 16.6. The molecule has 4 heteroatoms. The number of rotatable bonds is 6. The molecule has 118 valence electrons. The van der Waals surface area contributed by atoms with E-state index in [0.717, 1.165) is 17.7 Å². The van der Waals surface area contributed by atoms with Crippen LogP contribution in [-0.2, 0) is 6.61 Å². The van der Waals surface area contributed by atoms with E-state index in [0.29, 0.717) is 18.1 Å². The molecule has 0 bridgehead atoms. The average molecular weight is 308 g/mol. The van der Waals surface area contributed by atoms with Gasteiger partial charge in [-0.25, -0.2) is 0 Å². The van der Waals surface area contributed by atoms with Gasteiger partial charge in [0.05, 0.1) is 0 Å². The van der Waals surface area contributed by atoms with Crippen LogP contribution in [0.3, 0.4) is 0 Å². The van der Waals surface area contributed by atoms with Crippen molar-refractivity contribution in [2.24, 2.45) is 5.16 Å². The first-order valence-corrected chi connectivity index (χ1v) is 7.63. The van der Waals surface area contributed by atoms with E-state index in [4.69, 9.17) is 15.2 Å². The monoisotopic (exact) mass is 308 g/mol. The van der Waals surface area contributed by atoms with Crippen molar-refractivity contribution in [2.45, 2.75) is 32.8 Å². The molecule has 1 atom stereocenters. The van der Waals surface area contributed by atoms with Crippen LogP contribution in [0.15, 0.2) is 53.7 Å². The maximum Gasteiger partial charge on any atom is 0.187 e. The van der Waals surface area contributed by atoms with Crippen LogP contribution in [0.25, 0.3) is 0 Å². The van der Waals surface area contributed by atoms with E-state index in [1.165, 1.54) is 5.56 Å². The molecule has 1 N–H and O–H groups in total. The Morgan fingerprint density at radius 3 is 2.61 bits per heavy atom. The second-order valence-electron chi connectivity index (χ2n) is 5.35. The number of para-hydroxylation sites is 1. The number of nitriles is 1. The van der Waals surface area contributed by atoms with Crippen LogP contribution < -0.4 is 4.74 Å². The van der Waals surface area contributed by atoms with Crippen LogP contribution in [0.4, 0.5) is 0 Å². The van der Waals surface area contributed by atoms with E-state index in [9.17, 15) is 0 Å². The third-order valence-corrected chi connectivity index (χ3v) is 3.92. The zero-order chi connectivity index (χ0) is 16.7. The summed E-state index contributed by atoms with van der Waals surface area (Å²) in [5.74, 6) is 1.26. The molecular formula is C19H20N2O2. The summed E-state index contributed by atoms with van der Waals surface area (Å²) in [5.41, 5.74) is 2.54. The minimum atomic E-state index is -0.0144. The van der Waals surface area contributed by atoms with Gasteiger partial charge < -0.3 is 9.94 Å². The molecule has 2 aromatic rings. The molecule has 0 aliphatic heterocycles. The van der Waals surface area contributed by atoms with Gasteiger partial charge in [-0.1, -0.05) is 61.5 Å². The summed E-state index contributed by atoms with van der Waals surface area (Å²) in [6.45, 7) is 4.63. The van der Waals surface area contributed by atoms with Crippen molar-refractivity contribution in [2.75, 3.05) is 0 Å². The number of benzene rings is 2. The minimum absolute atomic E-state index is 0.0144. The molecule has 2 aromatic carbocycles. The molecule has 1 unspecified atom stereocenters. The summed E-state index contributed by atoms with van der Waals surface area (Å²) < 4.78 is 5.98. The van der Waals surface area contributed by atoms with E-state index in [2.05, 4.69) is 25.1 Å². The highest BCUT2D eigenvalue weighted by atomic mass is 16.5. The summed E-state index contributed by atoms with van der Waals surface area (Å²) in [7, 11) is 0. The highest BCUT2D eigenvalue weighted by Gasteiger charge is 2.12. The number of hydrogen-bond acceptors (Lipinski definition) is 4. The first-order valence-electron chi connectivity index (χ1n) is 7.63. The van der Waals surface area contributed by atoms with Crippen LogP contribution >= 0.6 is 0 Å². The predicted molar refractivity (Wildman–Crippen MR) is 89.9 cm³/mol. The molecule has 0 spiro atoms. The van der Waals surface area contributed by atoms with Gasteiger partial charge in [-0.15, -0.1) is 0 Å². The van der Waals surface area contributed by atoms with Crippen LogP contribution in [0.5, 0.6) is 5.75 Å². The lowest BCUT2D eigenvalue weighted by molar-refractivity contribution is 0.300. The molecular weight excluding hydrogens is 288 g/mol. The van der Waals surface area contributed by atoms with Crippen molar-refractivity contribution >= 4 is 5.71 Å². The highest BCUT2D eigenvalue weighted by molar-refractivity contribution is 6.12. The normalized spacial score (nSPS) is 12.5. The Balaban J connectivity index is 2.25. The molecule has 0 saturated heterocycles. The Morgan fingerprint density at radius 1 is 1.22 bits per heavy atom. The fourth-order valence-electron chi connectivity index (χ4n) is 2.41. The van der Waals surface area contributed by atoms with E-state index in [-0.39, 0.29) is 5.71 Å². The second-order valence-corrected chi connectivity index (χ2v) is 5.35. The van der Waals surface area contributed by atoms with Crippen molar-refractivity contribution in [3.05, 3.63) is 65.2 Å². The van der Waals surface area contributed by atoms with Gasteiger partial charge in [0.1, 0.15) is 18.4 Å². The maximum absolute atomic E-state index is 9.06. The molecule has 4 nitrogen and oxygen atoms in total. The summed E-state index contributed by atoms with van der Waals surface area (Å²) in [6.07, 6.45) is 1.03. The van der Waals surface area contributed by atoms with Gasteiger partial charge in [0.2, 0.25) is 0 Å². The lowest BCUT2D eigenvalue weighted by Crippen LogP contribution is -2.07. The van der Waals surface area contributed by atoms with Crippen molar-refractivity contribution in [3.8, 4) is 11.8 Å². The molecule has 0 aliphatic carbocycles. The van der Waals surface area contributed by atoms with Gasteiger partial charge in [0, 0.05) is 5.56 Å². The van der Waals surface area contributed by atoms with Gasteiger partial charge in [0.25, 0.3) is 0 Å². The van der Waals surface area contributed by atoms with Crippen LogP contribution in [0, 0.1) is 11.3 Å². The summed E-state index contributed by atoms with van der Waals surface area (Å²) >= 11 is 0. The van der Waals surface area contributed by atoms with E-state index in [1.54, 1.807) is 12.1 Å². The first-order chi connectivity index (χ1) is 11.2. The molecule has 23 heavy (non-hydrogen) atoms. The van der Waals surface area contributed by atoms with E-state index < -0.39 is 0 Å². The summed E-state index contributed by atoms with van der Waals surface area (Å²) in [5, 5.41) is 21.1. The zero-order valence-electron chi connectivity index (χ0n) is 13.4. The highest BCUT2D eigenvalue weighted by Crippen LogP contribution is 2.29. The van der Waals surface area contributed by atoms with Crippen molar-refractivity contribution in [3.63, 3.8) is 0 Å². The third kappa shape index (κ3) is 3.89. The predicted octanol–water partition coefficient (Wildman–Crippen LogP) is 4.48. The standard InChI is InChI=1S/C19H20N2O2/c1-3-14(2)16-9-6-7-11-19(16)23-13-15-8-4-5-10-17(15)18(12-20)21-22/h4-11,14,22H,3,13H2,1-2H3/b21-18-. The van der Waals surface area contributed by atoms with Crippen molar-refractivity contribution in [1.82, 2.24) is 0 Å². The summed E-state index contributed by atoms with van der Waals surface area (Å²) in [6, 6.07) is 17.2. The molecule has 0 saturated carbocycles. The Kier molecular flexibility index (Phi) is 5.76. The largest absolute Gasteiger partial charge is 0.489 e. The van der Waals surface area contributed by atoms with Crippen molar-refractivity contribution in [1.29, 1.82) is 5.26 Å². The lowest BCUT2D eigenvalue weighted by Gasteiger charge is -2.16. The fraction of sp³-hybridized carbons (Fsp3) is 0.263. The fourth-order valence-corrected chi connectivity index (χ4v) is 2.41. The Bertz CT molecular complexity index is 732. The number of nitrogens with zero attached hydrogens (tertiary/aromatic N) is 2. The van der Waals surface area contributed by atoms with Gasteiger partial charge in [0.15, 0.2) is 5.71 Å². The van der Waals surface area contributed by atoms with E-state index >= 15 is 0 Å². The van der Waals surface area contributed by atoms with Gasteiger partial charge in [-0.05, 0) is 29.5 Å². The van der Waals surface area contributed by atoms with Gasteiger partial charge in [-0.2, -0.15) is 5.26 Å². The molecule has 0 fully saturated rings. The lowest BCUT2D eigenvalue weighted by atomic mass is 9.98. The van der Waals surface area contributed by atoms with Crippen LogP contribution in [0.1, 0.15) is 42.9 Å². The quantitative estimate of drug-likeness (QED) is 0.486. The molecule has 0 aromatic heterocycles. The molecule has 0 aliphatic rings. The number of oxime groups is 1. The van der Waals surface area contributed by atoms with Crippen LogP contribution in [-0.4, -0.2) is 10.9 Å². The van der Waals surface area contributed by atoms with E-state index in [1.807, 2.05) is 36.4 Å². The molecule has 0 radical (unpaired) electrons. The van der Waals surface area contributed by atoms with Gasteiger partial charge >= 0.3 is 0 Å². The third-order valence-electron chi connectivity index (χ3n) is 3.92. The van der Waals surface area contributed by atoms with Crippen LogP contribution in [0.2, 0.25) is 0 Å². The average Bonchev–Trinajstić information content (AvgIpc) is 2.61. The maximum atomic E-state index is 9.06. The molecule has 2 rings (SSSR count). The minimum Gasteiger partial charge on any atom is -0.489 e. The molecule has 0 amide bonds.